The predicted octanol–water partition coefficient (Wildman–Crippen LogP) is 3.11. The Bertz CT molecular complexity index is 413. The molecule has 1 aliphatic rings. The lowest BCUT2D eigenvalue weighted by Crippen LogP contribution is -2.35. The van der Waals surface area contributed by atoms with Crippen LogP contribution in [0.5, 0.6) is 0 Å². The number of unbranched alkanes of at least 4 members (excludes halogenated alkanes) is 4. The fourth-order valence-electron chi connectivity index (χ4n) is 2.22. The summed E-state index contributed by atoms with van der Waals surface area (Å²) in [7, 11) is 0. The molecule has 0 aromatic carbocycles. The van der Waals surface area contributed by atoms with E-state index in [0.717, 1.165) is 38.5 Å². The lowest BCUT2D eigenvalue weighted by Gasteiger charge is -2.19. The fraction of sp³-hybridized carbons (Fsp3) is 0.706. The number of ketones is 1. The van der Waals surface area contributed by atoms with Crippen LogP contribution in [0.15, 0.2) is 12.2 Å². The van der Waals surface area contributed by atoms with Crippen LogP contribution in [-0.2, 0) is 23.9 Å². The second-order valence-electron chi connectivity index (χ2n) is 5.54. The van der Waals surface area contributed by atoms with Gasteiger partial charge in [0.15, 0.2) is 11.9 Å². The monoisotopic (exact) mass is 310 g/mol. The molecule has 0 amide bonds. The van der Waals surface area contributed by atoms with E-state index in [2.05, 4.69) is 6.92 Å². The second kappa shape index (κ2) is 10.1. The van der Waals surface area contributed by atoms with E-state index in [1.807, 2.05) is 6.92 Å². The van der Waals surface area contributed by atoms with Gasteiger partial charge < -0.3 is 9.47 Å². The van der Waals surface area contributed by atoms with E-state index in [9.17, 15) is 14.4 Å². The highest BCUT2D eigenvalue weighted by molar-refractivity contribution is 5.98. The number of ether oxygens (including phenoxy) is 2. The Balaban J connectivity index is 2.41. The highest BCUT2D eigenvalue weighted by Crippen LogP contribution is 2.18. The van der Waals surface area contributed by atoms with Gasteiger partial charge in [0.05, 0.1) is 0 Å². The van der Waals surface area contributed by atoms with Crippen LogP contribution in [0.3, 0.4) is 0 Å². The van der Waals surface area contributed by atoms with Crippen molar-refractivity contribution in [1.82, 2.24) is 0 Å². The zero-order valence-corrected chi connectivity index (χ0v) is 13.5. The molecule has 0 saturated heterocycles. The third kappa shape index (κ3) is 6.41. The maximum atomic E-state index is 11.7. The van der Waals surface area contributed by atoms with Crippen LogP contribution in [-0.4, -0.2) is 29.9 Å². The third-order valence-electron chi connectivity index (χ3n) is 3.52. The van der Waals surface area contributed by atoms with Gasteiger partial charge in [-0.3, -0.25) is 14.4 Å². The summed E-state index contributed by atoms with van der Waals surface area (Å²) >= 11 is 0. The van der Waals surface area contributed by atoms with Gasteiger partial charge in [0.1, 0.15) is 0 Å². The molecular formula is C17H26O5. The first-order valence-electron chi connectivity index (χ1n) is 8.19. The first kappa shape index (κ1) is 18.4. The SMILES string of the molecule is CCCCCC(=O)OC1C=CC(=O)C1OC(=O)CCCCC. The molecule has 22 heavy (non-hydrogen) atoms. The average Bonchev–Trinajstić information content (AvgIpc) is 2.81. The minimum atomic E-state index is -1.01. The maximum Gasteiger partial charge on any atom is 0.306 e. The Morgan fingerprint density at radius 3 is 2.05 bits per heavy atom. The summed E-state index contributed by atoms with van der Waals surface area (Å²) in [5.41, 5.74) is 0. The van der Waals surface area contributed by atoms with E-state index in [-0.39, 0.29) is 18.2 Å². The van der Waals surface area contributed by atoms with E-state index >= 15 is 0 Å². The minimum Gasteiger partial charge on any atom is -0.454 e. The number of carbonyl (C=O) groups excluding carboxylic acids is 3. The predicted molar refractivity (Wildman–Crippen MR) is 82.2 cm³/mol. The summed E-state index contributed by atoms with van der Waals surface area (Å²) in [5, 5.41) is 0. The van der Waals surface area contributed by atoms with Crippen molar-refractivity contribution in [1.29, 1.82) is 0 Å². The zero-order valence-electron chi connectivity index (χ0n) is 13.5. The molecule has 0 N–H and O–H groups in total. The molecule has 0 spiro atoms. The third-order valence-corrected chi connectivity index (χ3v) is 3.52. The molecule has 0 aromatic rings. The molecule has 124 valence electrons. The van der Waals surface area contributed by atoms with Crippen molar-refractivity contribution < 1.29 is 23.9 Å². The maximum absolute atomic E-state index is 11.7. The summed E-state index contributed by atoms with van der Waals surface area (Å²) in [5.74, 6) is -1.09. The molecule has 0 aliphatic heterocycles. The Hall–Kier alpha value is -1.65. The molecule has 0 saturated carbocycles. The van der Waals surface area contributed by atoms with Crippen molar-refractivity contribution in [2.24, 2.45) is 0 Å². The van der Waals surface area contributed by atoms with Gasteiger partial charge in [-0.25, -0.2) is 0 Å². The minimum absolute atomic E-state index is 0.286. The van der Waals surface area contributed by atoms with Gasteiger partial charge in [-0.05, 0) is 25.0 Å². The van der Waals surface area contributed by atoms with Crippen molar-refractivity contribution in [3.05, 3.63) is 12.2 Å². The molecule has 0 aromatic heterocycles. The van der Waals surface area contributed by atoms with Crippen molar-refractivity contribution in [3.63, 3.8) is 0 Å². The molecule has 1 aliphatic carbocycles. The number of esters is 2. The van der Waals surface area contributed by atoms with Gasteiger partial charge in [0, 0.05) is 12.8 Å². The van der Waals surface area contributed by atoms with Crippen molar-refractivity contribution >= 4 is 17.7 Å². The molecule has 0 fully saturated rings. The highest BCUT2D eigenvalue weighted by atomic mass is 16.6. The summed E-state index contributed by atoms with van der Waals surface area (Å²) in [6.07, 6.45) is 7.07. The molecule has 5 nitrogen and oxygen atoms in total. The van der Waals surface area contributed by atoms with Crippen LogP contribution in [0.1, 0.15) is 65.2 Å². The van der Waals surface area contributed by atoms with Crippen LogP contribution in [0, 0.1) is 0 Å². The first-order valence-corrected chi connectivity index (χ1v) is 8.19. The fourth-order valence-corrected chi connectivity index (χ4v) is 2.22. The van der Waals surface area contributed by atoms with Crippen LogP contribution >= 0.6 is 0 Å². The summed E-state index contributed by atoms with van der Waals surface area (Å²) in [4.78, 5) is 35.2. The lowest BCUT2D eigenvalue weighted by molar-refractivity contribution is -0.166. The van der Waals surface area contributed by atoms with Crippen molar-refractivity contribution in [3.8, 4) is 0 Å². The molecular weight excluding hydrogens is 284 g/mol. The largest absolute Gasteiger partial charge is 0.454 e. The molecule has 5 heteroatoms. The van der Waals surface area contributed by atoms with E-state index in [0.29, 0.717) is 6.42 Å². The van der Waals surface area contributed by atoms with Gasteiger partial charge >= 0.3 is 11.9 Å². The average molecular weight is 310 g/mol. The Morgan fingerprint density at radius 1 is 0.955 bits per heavy atom. The number of rotatable bonds is 10. The van der Waals surface area contributed by atoms with Crippen LogP contribution in [0.4, 0.5) is 0 Å². The van der Waals surface area contributed by atoms with Crippen molar-refractivity contribution in [2.75, 3.05) is 0 Å². The topological polar surface area (TPSA) is 69.7 Å². The molecule has 0 radical (unpaired) electrons. The molecule has 0 heterocycles. The summed E-state index contributed by atoms with van der Waals surface area (Å²) in [6.45, 7) is 4.10. The summed E-state index contributed by atoms with van der Waals surface area (Å²) < 4.78 is 10.4. The van der Waals surface area contributed by atoms with E-state index in [4.69, 9.17) is 9.47 Å². The second-order valence-corrected chi connectivity index (χ2v) is 5.54. The number of hydrogen-bond acceptors (Lipinski definition) is 5. The number of carbonyl (C=O) groups is 3. The smallest absolute Gasteiger partial charge is 0.306 e. The number of hydrogen-bond donors (Lipinski definition) is 0. The first-order chi connectivity index (χ1) is 10.6. The molecule has 0 bridgehead atoms. The Labute approximate surface area is 132 Å². The molecule has 2 unspecified atom stereocenters. The van der Waals surface area contributed by atoms with E-state index in [1.165, 1.54) is 12.2 Å². The van der Waals surface area contributed by atoms with E-state index < -0.39 is 18.2 Å². The van der Waals surface area contributed by atoms with Crippen LogP contribution < -0.4 is 0 Å². The highest BCUT2D eigenvalue weighted by Gasteiger charge is 2.36. The van der Waals surface area contributed by atoms with E-state index in [1.54, 1.807) is 0 Å². The zero-order chi connectivity index (χ0) is 16.4. The van der Waals surface area contributed by atoms with Crippen LogP contribution in [0.25, 0.3) is 0 Å². The van der Waals surface area contributed by atoms with Crippen molar-refractivity contribution in [2.45, 2.75) is 77.4 Å². The lowest BCUT2D eigenvalue weighted by atomic mass is 10.2. The van der Waals surface area contributed by atoms with Gasteiger partial charge in [-0.15, -0.1) is 0 Å². The summed E-state index contributed by atoms with van der Waals surface area (Å²) in [6, 6.07) is 0. The molecule has 1 rings (SSSR count). The van der Waals surface area contributed by atoms with Crippen LogP contribution in [0.2, 0.25) is 0 Å². The van der Waals surface area contributed by atoms with Gasteiger partial charge in [0.25, 0.3) is 0 Å². The van der Waals surface area contributed by atoms with Gasteiger partial charge in [-0.1, -0.05) is 39.5 Å². The standard InChI is InChI=1S/C17H26O5/c1-3-5-7-9-15(19)21-14-12-11-13(18)17(14)22-16(20)10-8-6-4-2/h11-12,14,17H,3-10H2,1-2H3. The Morgan fingerprint density at radius 2 is 1.50 bits per heavy atom. The molecule has 2 atom stereocenters. The van der Waals surface area contributed by atoms with Gasteiger partial charge in [0.2, 0.25) is 6.10 Å². The normalized spacial score (nSPS) is 20.2. The quantitative estimate of drug-likeness (QED) is 0.458. The van der Waals surface area contributed by atoms with Gasteiger partial charge in [-0.2, -0.15) is 0 Å². The Kier molecular flexibility index (Phi) is 8.48.